The Bertz CT molecular complexity index is 671. The molecule has 1 saturated heterocycles. The first-order valence-electron chi connectivity index (χ1n) is 9.07. The molecule has 134 valence electrons. The molecule has 6 heteroatoms. The molecule has 1 N–H and O–H groups in total. The third kappa shape index (κ3) is 5.13. The minimum atomic E-state index is 0.0989. The molecule has 0 spiro atoms. The van der Waals surface area contributed by atoms with Crippen LogP contribution in [0.2, 0.25) is 0 Å². The molecule has 1 aromatic heterocycles. The van der Waals surface area contributed by atoms with Crippen molar-refractivity contribution in [2.75, 3.05) is 20.1 Å². The molecule has 1 unspecified atom stereocenters. The molecular weight excluding hydrogens is 316 g/mol. The van der Waals surface area contributed by atoms with Crippen LogP contribution in [0.5, 0.6) is 0 Å². The highest BCUT2D eigenvalue weighted by Gasteiger charge is 2.19. The normalized spacial score (nSPS) is 18.2. The van der Waals surface area contributed by atoms with Crippen LogP contribution in [0.1, 0.15) is 38.0 Å². The van der Waals surface area contributed by atoms with Gasteiger partial charge in [0, 0.05) is 31.0 Å². The number of piperidine rings is 1. The lowest BCUT2D eigenvalue weighted by molar-refractivity contribution is -0.121. The van der Waals surface area contributed by atoms with Gasteiger partial charge in [0.25, 0.3) is 0 Å². The van der Waals surface area contributed by atoms with Crippen LogP contribution in [0, 0.1) is 0 Å². The zero-order valence-corrected chi connectivity index (χ0v) is 14.8. The van der Waals surface area contributed by atoms with Gasteiger partial charge in [-0.15, -0.1) is 0 Å². The second-order valence-electron chi connectivity index (χ2n) is 6.65. The van der Waals surface area contributed by atoms with Crippen LogP contribution < -0.4 is 5.32 Å². The molecule has 1 aromatic carbocycles. The largest absolute Gasteiger partial charge is 0.356 e. The number of nitrogens with one attached hydrogen (secondary N) is 1. The molecule has 1 aliphatic heterocycles. The van der Waals surface area contributed by atoms with Crippen molar-refractivity contribution in [1.82, 2.24) is 20.4 Å². The van der Waals surface area contributed by atoms with E-state index in [1.807, 2.05) is 30.3 Å². The van der Waals surface area contributed by atoms with E-state index in [0.717, 1.165) is 18.5 Å². The summed E-state index contributed by atoms with van der Waals surface area (Å²) in [5, 5.41) is 6.94. The van der Waals surface area contributed by atoms with E-state index >= 15 is 0 Å². The lowest BCUT2D eigenvalue weighted by atomic mass is 9.98. The van der Waals surface area contributed by atoms with Gasteiger partial charge in [-0.1, -0.05) is 41.9 Å². The summed E-state index contributed by atoms with van der Waals surface area (Å²) in [6.45, 7) is 1.67. The first-order chi connectivity index (χ1) is 12.2. The highest BCUT2D eigenvalue weighted by atomic mass is 16.5. The van der Waals surface area contributed by atoms with E-state index in [0.29, 0.717) is 37.1 Å². The standard InChI is InChI=1S/C19H26N4O2/c1-23-14-6-5-9-16(23)10-11-17(24)20-13-12-18-21-19(22-25-18)15-7-3-2-4-8-15/h2-4,7-8,16H,5-6,9-14H2,1H3,(H,20,24). The zero-order chi connectivity index (χ0) is 17.5. The molecule has 1 fully saturated rings. The van der Waals surface area contributed by atoms with Gasteiger partial charge in [0.05, 0.1) is 0 Å². The maximum absolute atomic E-state index is 12.0. The van der Waals surface area contributed by atoms with Crippen LogP contribution in [-0.2, 0) is 11.2 Å². The molecule has 1 amide bonds. The molecule has 6 nitrogen and oxygen atoms in total. The molecular formula is C19H26N4O2. The fraction of sp³-hybridized carbons (Fsp3) is 0.526. The van der Waals surface area contributed by atoms with E-state index in [9.17, 15) is 4.79 Å². The first kappa shape index (κ1) is 17.6. The Hall–Kier alpha value is -2.21. The number of rotatable bonds is 7. The predicted octanol–water partition coefficient (Wildman–Crippen LogP) is 2.66. The summed E-state index contributed by atoms with van der Waals surface area (Å²) in [5.41, 5.74) is 0.929. The summed E-state index contributed by atoms with van der Waals surface area (Å²) in [6, 6.07) is 10.3. The minimum absolute atomic E-state index is 0.0989. The number of carbonyl (C=O) groups is 1. The number of likely N-dealkylation sites (tertiary alicyclic amines) is 1. The summed E-state index contributed by atoms with van der Waals surface area (Å²) in [7, 11) is 2.15. The molecule has 1 aliphatic rings. The van der Waals surface area contributed by atoms with Crippen molar-refractivity contribution in [2.24, 2.45) is 0 Å². The Morgan fingerprint density at radius 3 is 2.96 bits per heavy atom. The highest BCUT2D eigenvalue weighted by molar-refractivity contribution is 5.75. The maximum atomic E-state index is 12.0. The third-order valence-corrected chi connectivity index (χ3v) is 4.79. The van der Waals surface area contributed by atoms with Crippen LogP contribution in [0.15, 0.2) is 34.9 Å². The van der Waals surface area contributed by atoms with Gasteiger partial charge in [-0.05, 0) is 32.9 Å². The highest BCUT2D eigenvalue weighted by Crippen LogP contribution is 2.19. The number of hydrogen-bond donors (Lipinski definition) is 1. The smallest absolute Gasteiger partial charge is 0.228 e. The average molecular weight is 342 g/mol. The molecule has 25 heavy (non-hydrogen) atoms. The third-order valence-electron chi connectivity index (χ3n) is 4.79. The van der Waals surface area contributed by atoms with Crippen molar-refractivity contribution in [3.63, 3.8) is 0 Å². The number of amides is 1. The predicted molar refractivity (Wildman–Crippen MR) is 96.0 cm³/mol. The molecule has 0 aliphatic carbocycles. The molecule has 2 heterocycles. The molecule has 0 saturated carbocycles. The Kier molecular flexibility index (Phi) is 6.17. The number of carbonyl (C=O) groups excluding carboxylic acids is 1. The SMILES string of the molecule is CN1CCCCC1CCC(=O)NCCc1nc(-c2ccccc2)no1. The number of aromatic nitrogens is 2. The molecule has 2 aromatic rings. The van der Waals surface area contributed by atoms with Gasteiger partial charge in [-0.2, -0.15) is 4.98 Å². The van der Waals surface area contributed by atoms with Crippen LogP contribution >= 0.6 is 0 Å². The van der Waals surface area contributed by atoms with E-state index < -0.39 is 0 Å². The topological polar surface area (TPSA) is 71.3 Å². The van der Waals surface area contributed by atoms with Gasteiger partial charge in [0.15, 0.2) is 0 Å². The van der Waals surface area contributed by atoms with E-state index in [4.69, 9.17) is 4.52 Å². The fourth-order valence-electron chi connectivity index (χ4n) is 3.26. The van der Waals surface area contributed by atoms with Crippen LogP contribution in [0.3, 0.4) is 0 Å². The first-order valence-corrected chi connectivity index (χ1v) is 9.07. The van der Waals surface area contributed by atoms with Crippen LogP contribution in [0.4, 0.5) is 0 Å². The van der Waals surface area contributed by atoms with E-state index in [-0.39, 0.29) is 5.91 Å². The van der Waals surface area contributed by atoms with Gasteiger partial charge < -0.3 is 14.7 Å². The second kappa shape index (κ2) is 8.76. The van der Waals surface area contributed by atoms with Crippen molar-refractivity contribution < 1.29 is 9.32 Å². The maximum Gasteiger partial charge on any atom is 0.228 e. The van der Waals surface area contributed by atoms with Gasteiger partial charge in [0.2, 0.25) is 17.6 Å². The molecule has 0 bridgehead atoms. The lowest BCUT2D eigenvalue weighted by Gasteiger charge is -2.32. The summed E-state index contributed by atoms with van der Waals surface area (Å²) >= 11 is 0. The minimum Gasteiger partial charge on any atom is -0.356 e. The average Bonchev–Trinajstić information content (AvgIpc) is 3.11. The van der Waals surface area contributed by atoms with Crippen LogP contribution in [-0.4, -0.2) is 47.1 Å². The molecule has 1 atom stereocenters. The van der Waals surface area contributed by atoms with Gasteiger partial charge >= 0.3 is 0 Å². The van der Waals surface area contributed by atoms with Crippen molar-refractivity contribution in [3.8, 4) is 11.4 Å². The summed E-state index contributed by atoms with van der Waals surface area (Å²) in [4.78, 5) is 18.8. The Morgan fingerprint density at radius 1 is 1.32 bits per heavy atom. The number of hydrogen-bond acceptors (Lipinski definition) is 5. The van der Waals surface area contributed by atoms with Crippen molar-refractivity contribution in [3.05, 3.63) is 36.2 Å². The lowest BCUT2D eigenvalue weighted by Crippen LogP contribution is -2.37. The Balaban J connectivity index is 1.38. The zero-order valence-electron chi connectivity index (χ0n) is 14.8. The van der Waals surface area contributed by atoms with Gasteiger partial charge in [-0.25, -0.2) is 0 Å². The van der Waals surface area contributed by atoms with Crippen molar-refractivity contribution >= 4 is 5.91 Å². The molecule has 3 rings (SSSR count). The monoisotopic (exact) mass is 342 g/mol. The summed E-state index contributed by atoms with van der Waals surface area (Å²) in [5.74, 6) is 1.23. The number of benzene rings is 1. The van der Waals surface area contributed by atoms with Crippen molar-refractivity contribution in [1.29, 1.82) is 0 Å². The Morgan fingerprint density at radius 2 is 2.16 bits per heavy atom. The number of nitrogens with zero attached hydrogens (tertiary/aromatic N) is 3. The second-order valence-corrected chi connectivity index (χ2v) is 6.65. The van der Waals surface area contributed by atoms with Gasteiger partial charge in [0.1, 0.15) is 0 Å². The van der Waals surface area contributed by atoms with E-state index in [2.05, 4.69) is 27.4 Å². The van der Waals surface area contributed by atoms with E-state index in [1.165, 1.54) is 19.3 Å². The summed E-state index contributed by atoms with van der Waals surface area (Å²) in [6.07, 6.45) is 5.81. The molecule has 0 radical (unpaired) electrons. The summed E-state index contributed by atoms with van der Waals surface area (Å²) < 4.78 is 5.25. The quantitative estimate of drug-likeness (QED) is 0.837. The van der Waals surface area contributed by atoms with Crippen molar-refractivity contribution in [2.45, 2.75) is 44.6 Å². The van der Waals surface area contributed by atoms with Crippen LogP contribution in [0.25, 0.3) is 11.4 Å². The van der Waals surface area contributed by atoms with Gasteiger partial charge in [-0.3, -0.25) is 4.79 Å². The Labute approximate surface area is 148 Å². The van der Waals surface area contributed by atoms with E-state index in [1.54, 1.807) is 0 Å². The fourth-order valence-corrected chi connectivity index (χ4v) is 3.26.